The summed E-state index contributed by atoms with van der Waals surface area (Å²) in [5.74, 6) is 1.57. The molecule has 1 rings (SSSR count). The molecule has 4 nitrogen and oxygen atoms in total. The normalized spacial score (nSPS) is 11.3. The minimum absolute atomic E-state index is 0.0165. The molecular weight excluding hydrogens is 188 g/mol. The highest BCUT2D eigenvalue weighted by Gasteiger charge is 2.12. The molecule has 0 saturated carbocycles. The van der Waals surface area contributed by atoms with Crippen LogP contribution in [0.1, 0.15) is 33.3 Å². The molecular formula is C11H20N4. The number of nitrogens with zero attached hydrogens (tertiary/aromatic N) is 2. The zero-order chi connectivity index (χ0) is 11.5. The van der Waals surface area contributed by atoms with Gasteiger partial charge in [-0.05, 0) is 34.6 Å². The van der Waals surface area contributed by atoms with E-state index >= 15 is 0 Å². The molecule has 0 atom stereocenters. The van der Waals surface area contributed by atoms with Crippen molar-refractivity contribution < 1.29 is 0 Å². The molecule has 0 fully saturated rings. The van der Waals surface area contributed by atoms with Crippen LogP contribution < -0.4 is 10.6 Å². The summed E-state index contributed by atoms with van der Waals surface area (Å²) in [5.41, 5.74) is 1.08. The van der Waals surface area contributed by atoms with Gasteiger partial charge in [0, 0.05) is 23.8 Å². The molecule has 2 N–H and O–H groups in total. The molecule has 0 saturated heterocycles. The number of hydrogen-bond donors (Lipinski definition) is 2. The van der Waals surface area contributed by atoms with Crippen LogP contribution in [0.5, 0.6) is 0 Å². The number of anilines is 2. The zero-order valence-corrected chi connectivity index (χ0v) is 10.2. The van der Waals surface area contributed by atoms with Crippen molar-refractivity contribution in [3.05, 3.63) is 11.8 Å². The van der Waals surface area contributed by atoms with Gasteiger partial charge in [0.15, 0.2) is 0 Å². The largest absolute Gasteiger partial charge is 0.365 e. The molecule has 0 bridgehead atoms. The van der Waals surface area contributed by atoms with Crippen molar-refractivity contribution in [2.45, 2.75) is 40.2 Å². The van der Waals surface area contributed by atoms with Crippen LogP contribution in [0.4, 0.5) is 11.8 Å². The number of aromatic nitrogens is 2. The van der Waals surface area contributed by atoms with Crippen LogP contribution in [-0.2, 0) is 0 Å². The lowest BCUT2D eigenvalue weighted by Crippen LogP contribution is -2.27. The Balaban J connectivity index is 2.90. The van der Waals surface area contributed by atoms with E-state index in [4.69, 9.17) is 0 Å². The van der Waals surface area contributed by atoms with Crippen LogP contribution in [-0.4, -0.2) is 22.1 Å². The molecule has 0 aliphatic heterocycles. The quantitative estimate of drug-likeness (QED) is 0.801. The Morgan fingerprint density at radius 3 is 2.53 bits per heavy atom. The number of hydrogen-bond acceptors (Lipinski definition) is 4. The smallest absolute Gasteiger partial charge is 0.224 e. The molecule has 4 heteroatoms. The van der Waals surface area contributed by atoms with Crippen LogP contribution in [0, 0.1) is 6.92 Å². The van der Waals surface area contributed by atoms with Gasteiger partial charge in [-0.2, -0.15) is 4.98 Å². The van der Waals surface area contributed by atoms with E-state index in [0.717, 1.165) is 17.9 Å². The third kappa shape index (κ3) is 3.73. The average molecular weight is 208 g/mol. The van der Waals surface area contributed by atoms with Gasteiger partial charge in [-0.1, -0.05) is 0 Å². The predicted molar refractivity (Wildman–Crippen MR) is 64.3 cm³/mol. The lowest BCUT2D eigenvalue weighted by Gasteiger charge is -2.22. The van der Waals surface area contributed by atoms with E-state index < -0.39 is 0 Å². The fraction of sp³-hybridized carbons (Fsp3) is 0.636. The van der Waals surface area contributed by atoms with Gasteiger partial charge in [0.05, 0.1) is 0 Å². The summed E-state index contributed by atoms with van der Waals surface area (Å²) in [6.07, 6.45) is 1.83. The van der Waals surface area contributed by atoms with Crippen molar-refractivity contribution in [2.24, 2.45) is 0 Å². The third-order valence-corrected chi connectivity index (χ3v) is 1.80. The minimum Gasteiger partial charge on any atom is -0.365 e. The molecule has 0 amide bonds. The van der Waals surface area contributed by atoms with Gasteiger partial charge in [0.2, 0.25) is 5.95 Å². The SMILES string of the molecule is CCNc1ncc(C)c(NC(C)(C)C)n1. The monoisotopic (exact) mass is 208 g/mol. The Morgan fingerprint density at radius 1 is 1.33 bits per heavy atom. The summed E-state index contributed by atoms with van der Waals surface area (Å²) in [4.78, 5) is 8.61. The van der Waals surface area contributed by atoms with Crippen molar-refractivity contribution in [2.75, 3.05) is 17.2 Å². The van der Waals surface area contributed by atoms with Crippen molar-refractivity contribution in [1.29, 1.82) is 0 Å². The van der Waals surface area contributed by atoms with E-state index in [2.05, 4.69) is 41.4 Å². The molecule has 1 aromatic heterocycles. The van der Waals surface area contributed by atoms with E-state index in [1.165, 1.54) is 0 Å². The minimum atomic E-state index is 0.0165. The molecule has 1 aromatic rings. The summed E-state index contributed by atoms with van der Waals surface area (Å²) in [6, 6.07) is 0. The van der Waals surface area contributed by atoms with E-state index in [1.54, 1.807) is 0 Å². The van der Waals surface area contributed by atoms with Gasteiger partial charge < -0.3 is 10.6 Å². The molecule has 84 valence electrons. The predicted octanol–water partition coefficient (Wildman–Crippen LogP) is 2.43. The van der Waals surface area contributed by atoms with Gasteiger partial charge in [-0.3, -0.25) is 0 Å². The van der Waals surface area contributed by atoms with Crippen LogP contribution in [0.2, 0.25) is 0 Å². The molecule has 0 aromatic carbocycles. The Morgan fingerprint density at radius 2 is 2.00 bits per heavy atom. The first-order chi connectivity index (χ1) is 6.92. The van der Waals surface area contributed by atoms with Crippen LogP contribution in [0.15, 0.2) is 6.20 Å². The molecule has 1 heterocycles. The first-order valence-corrected chi connectivity index (χ1v) is 5.28. The summed E-state index contributed by atoms with van der Waals surface area (Å²) < 4.78 is 0. The lowest BCUT2D eigenvalue weighted by atomic mass is 10.1. The second-order valence-electron chi connectivity index (χ2n) is 4.63. The average Bonchev–Trinajstić information content (AvgIpc) is 2.09. The van der Waals surface area contributed by atoms with E-state index in [1.807, 2.05) is 20.0 Å². The maximum absolute atomic E-state index is 4.41. The first kappa shape index (κ1) is 11.8. The zero-order valence-electron chi connectivity index (χ0n) is 10.2. The summed E-state index contributed by atoms with van der Waals surface area (Å²) in [5, 5.41) is 6.46. The number of aryl methyl sites for hydroxylation is 1. The van der Waals surface area contributed by atoms with Crippen LogP contribution in [0.25, 0.3) is 0 Å². The van der Waals surface area contributed by atoms with Gasteiger partial charge in [0.25, 0.3) is 0 Å². The Labute approximate surface area is 91.5 Å². The number of nitrogens with one attached hydrogen (secondary N) is 2. The second kappa shape index (κ2) is 4.47. The van der Waals surface area contributed by atoms with Crippen LogP contribution in [0.3, 0.4) is 0 Å². The summed E-state index contributed by atoms with van der Waals surface area (Å²) >= 11 is 0. The Hall–Kier alpha value is -1.32. The van der Waals surface area contributed by atoms with Gasteiger partial charge >= 0.3 is 0 Å². The fourth-order valence-corrected chi connectivity index (χ4v) is 1.17. The highest BCUT2D eigenvalue weighted by atomic mass is 15.1. The maximum Gasteiger partial charge on any atom is 0.224 e. The highest BCUT2D eigenvalue weighted by molar-refractivity contribution is 5.47. The van der Waals surface area contributed by atoms with E-state index in [0.29, 0.717) is 5.95 Å². The van der Waals surface area contributed by atoms with Crippen molar-refractivity contribution in [3.8, 4) is 0 Å². The molecule has 15 heavy (non-hydrogen) atoms. The van der Waals surface area contributed by atoms with Crippen molar-refractivity contribution >= 4 is 11.8 Å². The molecule has 0 aliphatic carbocycles. The first-order valence-electron chi connectivity index (χ1n) is 5.28. The second-order valence-corrected chi connectivity index (χ2v) is 4.63. The topological polar surface area (TPSA) is 49.8 Å². The van der Waals surface area contributed by atoms with Gasteiger partial charge in [0.1, 0.15) is 5.82 Å². The Bertz CT molecular complexity index is 328. The molecule has 0 unspecified atom stereocenters. The highest BCUT2D eigenvalue weighted by Crippen LogP contribution is 2.17. The van der Waals surface area contributed by atoms with Gasteiger partial charge in [-0.25, -0.2) is 4.98 Å². The molecule has 0 spiro atoms. The number of rotatable bonds is 3. The third-order valence-electron chi connectivity index (χ3n) is 1.80. The fourth-order valence-electron chi connectivity index (χ4n) is 1.17. The summed E-state index contributed by atoms with van der Waals surface area (Å²) in [6.45, 7) is 11.2. The van der Waals surface area contributed by atoms with Gasteiger partial charge in [-0.15, -0.1) is 0 Å². The summed E-state index contributed by atoms with van der Waals surface area (Å²) in [7, 11) is 0. The van der Waals surface area contributed by atoms with Crippen molar-refractivity contribution in [1.82, 2.24) is 9.97 Å². The van der Waals surface area contributed by atoms with Crippen LogP contribution >= 0.6 is 0 Å². The molecule has 0 radical (unpaired) electrons. The lowest BCUT2D eigenvalue weighted by molar-refractivity contribution is 0.629. The van der Waals surface area contributed by atoms with E-state index in [9.17, 15) is 0 Å². The van der Waals surface area contributed by atoms with Crippen molar-refractivity contribution in [3.63, 3.8) is 0 Å². The molecule has 0 aliphatic rings. The Kier molecular flexibility index (Phi) is 3.50. The maximum atomic E-state index is 4.41. The standard InChI is InChI=1S/C11H20N4/c1-6-12-10-13-7-8(2)9(14-10)15-11(3,4)5/h7H,6H2,1-5H3,(H2,12,13,14,15). The van der Waals surface area contributed by atoms with E-state index in [-0.39, 0.29) is 5.54 Å².